The molecule has 0 spiro atoms. The number of carboxylic acid groups (broad SMARTS) is 1. The van der Waals surface area contributed by atoms with Crippen molar-refractivity contribution in [2.45, 2.75) is 32.2 Å². The van der Waals surface area contributed by atoms with E-state index in [-0.39, 0.29) is 18.7 Å². The maximum Gasteiger partial charge on any atom is 0.303 e. The Kier molecular flexibility index (Phi) is 7.09. The Balaban J connectivity index is 1.70. The molecule has 1 atom stereocenters. The van der Waals surface area contributed by atoms with Crippen molar-refractivity contribution in [1.82, 2.24) is 9.99 Å². The van der Waals surface area contributed by atoms with Gasteiger partial charge in [0.25, 0.3) is 0 Å². The molecule has 1 N–H and O–H groups in total. The Bertz CT molecular complexity index is 1560. The summed E-state index contributed by atoms with van der Waals surface area (Å²) in [5.41, 5.74) is 5.99. The average molecular weight is 577 g/mol. The van der Waals surface area contributed by atoms with Crippen molar-refractivity contribution in [2.75, 3.05) is 0 Å². The molecule has 1 aliphatic rings. The number of hydrogen-bond acceptors (Lipinski definition) is 4. The lowest BCUT2D eigenvalue weighted by molar-refractivity contribution is -0.141. The first-order chi connectivity index (χ1) is 17.8. The minimum Gasteiger partial charge on any atom is -0.481 e. The van der Waals surface area contributed by atoms with Crippen molar-refractivity contribution in [3.63, 3.8) is 0 Å². The van der Waals surface area contributed by atoms with Gasteiger partial charge in [0.15, 0.2) is 0 Å². The van der Waals surface area contributed by atoms with E-state index in [1.54, 1.807) is 6.07 Å². The highest BCUT2D eigenvalue weighted by molar-refractivity contribution is 9.10. The summed E-state index contributed by atoms with van der Waals surface area (Å²) in [4.78, 5) is 29.3. The van der Waals surface area contributed by atoms with Crippen LogP contribution in [0.2, 0.25) is 5.02 Å². The van der Waals surface area contributed by atoms with Crippen LogP contribution in [0.15, 0.2) is 82.4 Å². The lowest BCUT2D eigenvalue weighted by atomic mass is 9.89. The zero-order chi connectivity index (χ0) is 26.1. The SMILES string of the molecule is Cc1nc2ccc(Br)cc2c(-c2ccccc2)c1C1=NN(C(=O)CCC(=O)O)[C@@H](c2ccccc2Cl)C1. The van der Waals surface area contributed by atoms with Gasteiger partial charge in [-0.2, -0.15) is 5.10 Å². The van der Waals surface area contributed by atoms with Crippen LogP contribution in [0.25, 0.3) is 22.0 Å². The number of pyridine rings is 1. The second kappa shape index (κ2) is 10.4. The minimum atomic E-state index is -1.03. The third-order valence-corrected chi connectivity index (χ3v) is 7.30. The lowest BCUT2D eigenvalue weighted by Gasteiger charge is -2.22. The molecule has 1 aromatic heterocycles. The second-order valence-corrected chi connectivity index (χ2v) is 10.2. The number of amides is 1. The van der Waals surface area contributed by atoms with E-state index in [2.05, 4.69) is 28.1 Å². The first-order valence-electron chi connectivity index (χ1n) is 11.8. The summed E-state index contributed by atoms with van der Waals surface area (Å²) in [6, 6.07) is 23.0. The molecule has 37 heavy (non-hydrogen) atoms. The van der Waals surface area contributed by atoms with Crippen molar-refractivity contribution >= 4 is 56.0 Å². The van der Waals surface area contributed by atoms with E-state index in [0.29, 0.717) is 17.2 Å². The first kappa shape index (κ1) is 25.1. The van der Waals surface area contributed by atoms with Crippen LogP contribution < -0.4 is 0 Å². The predicted molar refractivity (Wildman–Crippen MR) is 149 cm³/mol. The number of fused-ring (bicyclic) bond motifs is 1. The van der Waals surface area contributed by atoms with E-state index in [1.165, 1.54) is 5.01 Å². The third-order valence-electron chi connectivity index (χ3n) is 6.46. The van der Waals surface area contributed by atoms with Gasteiger partial charge in [-0.05, 0) is 42.3 Å². The van der Waals surface area contributed by atoms with E-state index in [4.69, 9.17) is 26.8 Å². The molecule has 6 nitrogen and oxygen atoms in total. The van der Waals surface area contributed by atoms with Crippen LogP contribution in [0, 0.1) is 6.92 Å². The van der Waals surface area contributed by atoms with Crippen LogP contribution in [0.5, 0.6) is 0 Å². The maximum absolute atomic E-state index is 13.2. The van der Waals surface area contributed by atoms with Gasteiger partial charge in [-0.15, -0.1) is 0 Å². The molecule has 0 fully saturated rings. The lowest BCUT2D eigenvalue weighted by Crippen LogP contribution is -2.27. The Labute approximate surface area is 227 Å². The Morgan fingerprint density at radius 3 is 2.49 bits per heavy atom. The zero-order valence-electron chi connectivity index (χ0n) is 20.0. The predicted octanol–water partition coefficient (Wildman–Crippen LogP) is 7.17. The van der Waals surface area contributed by atoms with Crippen LogP contribution in [0.1, 0.15) is 42.1 Å². The number of halogens is 2. The molecule has 0 radical (unpaired) electrons. The topological polar surface area (TPSA) is 82.9 Å². The van der Waals surface area contributed by atoms with Crippen LogP contribution in [0.3, 0.4) is 0 Å². The van der Waals surface area contributed by atoms with Crippen LogP contribution in [-0.2, 0) is 9.59 Å². The van der Waals surface area contributed by atoms with Crippen LogP contribution in [0.4, 0.5) is 0 Å². The first-order valence-corrected chi connectivity index (χ1v) is 13.0. The Morgan fingerprint density at radius 1 is 1.03 bits per heavy atom. The molecule has 0 saturated heterocycles. The molecule has 2 heterocycles. The van der Waals surface area contributed by atoms with Crippen molar-refractivity contribution in [1.29, 1.82) is 0 Å². The number of carboxylic acids is 1. The highest BCUT2D eigenvalue weighted by Crippen LogP contribution is 2.41. The molecule has 0 saturated carbocycles. The molecule has 8 heteroatoms. The van der Waals surface area contributed by atoms with E-state index in [0.717, 1.165) is 43.3 Å². The fraction of sp³-hybridized carbons (Fsp3) is 0.172. The molecule has 0 unspecified atom stereocenters. The number of nitrogens with zero attached hydrogens (tertiary/aromatic N) is 3. The normalized spacial score (nSPS) is 15.2. The number of hydrogen-bond donors (Lipinski definition) is 1. The van der Waals surface area contributed by atoms with Crippen molar-refractivity contribution in [3.05, 3.63) is 99.1 Å². The van der Waals surface area contributed by atoms with Gasteiger partial charge in [-0.3, -0.25) is 14.6 Å². The van der Waals surface area contributed by atoms with E-state index in [9.17, 15) is 9.59 Å². The fourth-order valence-electron chi connectivity index (χ4n) is 4.82. The number of benzene rings is 3. The monoisotopic (exact) mass is 575 g/mol. The molecule has 1 aliphatic heterocycles. The molecule has 0 aliphatic carbocycles. The van der Waals surface area contributed by atoms with Gasteiger partial charge in [0.1, 0.15) is 0 Å². The van der Waals surface area contributed by atoms with Gasteiger partial charge in [0.05, 0.1) is 23.7 Å². The van der Waals surface area contributed by atoms with Gasteiger partial charge in [0, 0.05) is 44.5 Å². The van der Waals surface area contributed by atoms with Crippen LogP contribution in [-0.4, -0.2) is 32.7 Å². The second-order valence-electron chi connectivity index (χ2n) is 8.89. The van der Waals surface area contributed by atoms with E-state index in [1.807, 2.05) is 61.5 Å². The van der Waals surface area contributed by atoms with Crippen LogP contribution >= 0.6 is 27.5 Å². The molecular formula is C29H23BrClN3O3. The minimum absolute atomic E-state index is 0.152. The third kappa shape index (κ3) is 5.02. The Morgan fingerprint density at radius 2 is 1.76 bits per heavy atom. The number of aliphatic carboxylic acids is 1. The average Bonchev–Trinajstić information content (AvgIpc) is 3.32. The number of carbonyl (C=O) groups excluding carboxylic acids is 1. The van der Waals surface area contributed by atoms with E-state index < -0.39 is 12.0 Å². The summed E-state index contributed by atoms with van der Waals surface area (Å²) in [6.45, 7) is 1.95. The summed E-state index contributed by atoms with van der Waals surface area (Å²) in [5, 5.41) is 16.8. The number of rotatable bonds is 6. The standard InChI is InChI=1S/C29H23BrClN3O3/c1-17-28(29(18-7-3-2-4-8-18)21-15-19(30)11-12-23(21)32-17)24-16-25(20-9-5-6-10-22(20)31)34(33-24)26(35)13-14-27(36)37/h2-12,15,25H,13-14,16H2,1H3,(H,36,37)/t25-/m1/s1. The summed E-state index contributed by atoms with van der Waals surface area (Å²) < 4.78 is 0.932. The fourth-order valence-corrected chi connectivity index (χ4v) is 5.45. The summed E-state index contributed by atoms with van der Waals surface area (Å²) in [7, 11) is 0. The van der Waals surface area contributed by atoms with Crippen molar-refractivity contribution < 1.29 is 14.7 Å². The molecule has 1 amide bonds. The quantitative estimate of drug-likeness (QED) is 0.264. The number of carbonyl (C=O) groups is 2. The van der Waals surface area contributed by atoms with Gasteiger partial charge in [-0.1, -0.05) is 76.1 Å². The molecule has 3 aromatic carbocycles. The highest BCUT2D eigenvalue weighted by Gasteiger charge is 2.36. The number of aryl methyl sites for hydroxylation is 1. The number of hydrazone groups is 1. The summed E-state index contributed by atoms with van der Waals surface area (Å²) in [5.74, 6) is -1.39. The van der Waals surface area contributed by atoms with Gasteiger partial charge in [0.2, 0.25) is 5.91 Å². The van der Waals surface area contributed by atoms with Gasteiger partial charge in [-0.25, -0.2) is 5.01 Å². The maximum atomic E-state index is 13.2. The van der Waals surface area contributed by atoms with Crippen molar-refractivity contribution in [2.24, 2.45) is 5.10 Å². The largest absolute Gasteiger partial charge is 0.481 e. The summed E-state index contributed by atoms with van der Waals surface area (Å²) in [6.07, 6.45) is 0.000193. The zero-order valence-corrected chi connectivity index (χ0v) is 22.3. The highest BCUT2D eigenvalue weighted by atomic mass is 79.9. The van der Waals surface area contributed by atoms with E-state index >= 15 is 0 Å². The smallest absolute Gasteiger partial charge is 0.303 e. The Hall–Kier alpha value is -3.55. The molecular weight excluding hydrogens is 554 g/mol. The number of aromatic nitrogens is 1. The molecule has 4 aromatic rings. The van der Waals surface area contributed by atoms with Crippen molar-refractivity contribution in [3.8, 4) is 11.1 Å². The summed E-state index contributed by atoms with van der Waals surface area (Å²) >= 11 is 10.1. The van der Waals surface area contributed by atoms with Gasteiger partial charge < -0.3 is 5.11 Å². The molecule has 5 rings (SSSR count). The van der Waals surface area contributed by atoms with Gasteiger partial charge >= 0.3 is 5.97 Å². The molecule has 0 bridgehead atoms. The molecule has 186 valence electrons.